The predicted octanol–water partition coefficient (Wildman–Crippen LogP) is 3.38. The molecule has 4 nitrogen and oxygen atoms in total. The Morgan fingerprint density at radius 2 is 2.25 bits per heavy atom. The highest BCUT2D eigenvalue weighted by Gasteiger charge is 2.31. The standard InChI is InChI=1S/C15H16N4S/c16-10-3-6-13-14(8-10)18-15(17-13)19(11-4-5-11)9-12-2-1-7-20-12/h1-3,6-8,11H,4-5,9,16H2,(H,17,18). The Labute approximate surface area is 121 Å². The number of H-pyrrole nitrogens is 1. The molecular weight excluding hydrogens is 268 g/mol. The van der Waals surface area contributed by atoms with Crippen LogP contribution in [-0.4, -0.2) is 16.0 Å². The summed E-state index contributed by atoms with van der Waals surface area (Å²) in [5.41, 5.74) is 8.59. The van der Waals surface area contributed by atoms with Crippen LogP contribution in [0.25, 0.3) is 11.0 Å². The smallest absolute Gasteiger partial charge is 0.204 e. The number of anilines is 2. The number of aromatic amines is 1. The molecular formula is C15H16N4S. The molecule has 0 spiro atoms. The first-order valence-electron chi connectivity index (χ1n) is 6.84. The minimum Gasteiger partial charge on any atom is -0.399 e. The Bertz CT molecular complexity index is 728. The van der Waals surface area contributed by atoms with Gasteiger partial charge in [0.05, 0.1) is 17.6 Å². The number of aromatic nitrogens is 2. The van der Waals surface area contributed by atoms with Crippen LogP contribution in [0.1, 0.15) is 17.7 Å². The summed E-state index contributed by atoms with van der Waals surface area (Å²) >= 11 is 1.80. The number of hydrogen-bond donors (Lipinski definition) is 2. The SMILES string of the molecule is Nc1ccc2nc(N(Cc3cccs3)C3CC3)[nH]c2c1. The molecule has 0 atom stereocenters. The van der Waals surface area contributed by atoms with Gasteiger partial charge in [-0.25, -0.2) is 4.98 Å². The lowest BCUT2D eigenvalue weighted by molar-refractivity contribution is 0.776. The number of imidazole rings is 1. The zero-order valence-electron chi connectivity index (χ0n) is 11.0. The van der Waals surface area contributed by atoms with Crippen molar-refractivity contribution in [3.05, 3.63) is 40.6 Å². The van der Waals surface area contributed by atoms with Crippen LogP contribution in [0.4, 0.5) is 11.6 Å². The Balaban J connectivity index is 1.70. The number of thiophene rings is 1. The number of nitrogens with two attached hydrogens (primary N) is 1. The van der Waals surface area contributed by atoms with Gasteiger partial charge < -0.3 is 15.6 Å². The molecule has 4 rings (SSSR count). The van der Waals surface area contributed by atoms with E-state index in [1.54, 1.807) is 11.3 Å². The van der Waals surface area contributed by atoms with E-state index in [0.717, 1.165) is 29.2 Å². The molecule has 1 aliphatic carbocycles. The fourth-order valence-electron chi connectivity index (χ4n) is 2.48. The molecule has 1 fully saturated rings. The number of nitrogen functional groups attached to an aromatic ring is 1. The number of hydrogen-bond acceptors (Lipinski definition) is 4. The average Bonchev–Trinajstić information content (AvgIpc) is 2.99. The molecule has 0 saturated heterocycles. The lowest BCUT2D eigenvalue weighted by atomic mass is 10.3. The minimum absolute atomic E-state index is 0.620. The second kappa shape index (κ2) is 4.52. The van der Waals surface area contributed by atoms with Crippen molar-refractivity contribution < 1.29 is 0 Å². The molecule has 3 aromatic rings. The van der Waals surface area contributed by atoms with Gasteiger partial charge in [-0.1, -0.05) is 6.07 Å². The number of nitrogens with one attached hydrogen (secondary N) is 1. The van der Waals surface area contributed by atoms with Crippen LogP contribution in [0.2, 0.25) is 0 Å². The van der Waals surface area contributed by atoms with Crippen LogP contribution in [0, 0.1) is 0 Å². The highest BCUT2D eigenvalue weighted by atomic mass is 32.1. The quantitative estimate of drug-likeness (QED) is 0.722. The third kappa shape index (κ3) is 2.14. The van der Waals surface area contributed by atoms with Crippen LogP contribution < -0.4 is 10.6 Å². The van der Waals surface area contributed by atoms with Gasteiger partial charge >= 0.3 is 0 Å². The highest BCUT2D eigenvalue weighted by Crippen LogP contribution is 2.33. The molecule has 0 aliphatic heterocycles. The first-order valence-corrected chi connectivity index (χ1v) is 7.72. The van der Waals surface area contributed by atoms with E-state index < -0.39 is 0 Å². The van der Waals surface area contributed by atoms with Crippen molar-refractivity contribution in [1.82, 2.24) is 9.97 Å². The van der Waals surface area contributed by atoms with Gasteiger partial charge in [0.2, 0.25) is 5.95 Å². The first-order chi connectivity index (χ1) is 9.79. The van der Waals surface area contributed by atoms with Gasteiger partial charge in [0.1, 0.15) is 0 Å². The summed E-state index contributed by atoms with van der Waals surface area (Å²) in [7, 11) is 0. The molecule has 20 heavy (non-hydrogen) atoms. The monoisotopic (exact) mass is 284 g/mol. The van der Waals surface area contributed by atoms with E-state index in [1.807, 2.05) is 18.2 Å². The Morgan fingerprint density at radius 3 is 3.00 bits per heavy atom. The van der Waals surface area contributed by atoms with Crippen molar-refractivity contribution in [3.63, 3.8) is 0 Å². The summed E-state index contributed by atoms with van der Waals surface area (Å²) in [6.07, 6.45) is 2.51. The predicted molar refractivity (Wildman–Crippen MR) is 84.0 cm³/mol. The molecule has 1 saturated carbocycles. The molecule has 2 aromatic heterocycles. The summed E-state index contributed by atoms with van der Waals surface area (Å²) in [6.45, 7) is 0.928. The van der Waals surface area contributed by atoms with Crippen molar-refractivity contribution in [1.29, 1.82) is 0 Å². The zero-order valence-corrected chi connectivity index (χ0v) is 11.9. The van der Waals surface area contributed by atoms with Crippen LogP contribution in [0.3, 0.4) is 0 Å². The normalized spacial score (nSPS) is 14.8. The van der Waals surface area contributed by atoms with Gasteiger partial charge in [0.15, 0.2) is 0 Å². The molecule has 0 amide bonds. The fourth-order valence-corrected chi connectivity index (χ4v) is 3.19. The van der Waals surface area contributed by atoms with E-state index in [9.17, 15) is 0 Å². The van der Waals surface area contributed by atoms with Crippen LogP contribution >= 0.6 is 11.3 Å². The van der Waals surface area contributed by atoms with Gasteiger partial charge in [0, 0.05) is 16.6 Å². The number of fused-ring (bicyclic) bond motifs is 1. The summed E-state index contributed by atoms with van der Waals surface area (Å²) in [4.78, 5) is 11.9. The average molecular weight is 284 g/mol. The van der Waals surface area contributed by atoms with Gasteiger partial charge in [0.25, 0.3) is 0 Å². The maximum atomic E-state index is 5.83. The van der Waals surface area contributed by atoms with E-state index in [-0.39, 0.29) is 0 Å². The Morgan fingerprint density at radius 1 is 1.35 bits per heavy atom. The minimum atomic E-state index is 0.620. The van der Waals surface area contributed by atoms with E-state index in [0.29, 0.717) is 6.04 Å². The largest absolute Gasteiger partial charge is 0.399 e. The molecule has 0 bridgehead atoms. The Hall–Kier alpha value is -2.01. The van der Waals surface area contributed by atoms with Gasteiger partial charge in [-0.05, 0) is 42.5 Å². The fraction of sp³-hybridized carbons (Fsp3) is 0.267. The lowest BCUT2D eigenvalue weighted by Crippen LogP contribution is -2.25. The van der Waals surface area contributed by atoms with Crippen LogP contribution in [-0.2, 0) is 6.54 Å². The van der Waals surface area contributed by atoms with Gasteiger partial charge in [-0.2, -0.15) is 0 Å². The van der Waals surface area contributed by atoms with Crippen LogP contribution in [0.5, 0.6) is 0 Å². The second-order valence-corrected chi connectivity index (χ2v) is 6.31. The Kier molecular flexibility index (Phi) is 2.67. The zero-order chi connectivity index (χ0) is 13.5. The number of nitrogens with zero attached hydrogens (tertiary/aromatic N) is 2. The van der Waals surface area contributed by atoms with E-state index >= 15 is 0 Å². The molecule has 3 N–H and O–H groups in total. The summed E-state index contributed by atoms with van der Waals surface area (Å²) in [5.74, 6) is 0.960. The van der Waals surface area contributed by atoms with E-state index in [2.05, 4.69) is 27.4 Å². The molecule has 5 heteroatoms. The van der Waals surface area contributed by atoms with E-state index in [1.165, 1.54) is 17.7 Å². The third-order valence-corrected chi connectivity index (χ3v) is 4.52. The van der Waals surface area contributed by atoms with Crippen molar-refractivity contribution in [2.24, 2.45) is 0 Å². The summed E-state index contributed by atoms with van der Waals surface area (Å²) in [5, 5.41) is 2.12. The van der Waals surface area contributed by atoms with Crippen molar-refractivity contribution in [3.8, 4) is 0 Å². The van der Waals surface area contributed by atoms with Crippen molar-refractivity contribution in [2.75, 3.05) is 10.6 Å². The molecule has 102 valence electrons. The number of rotatable bonds is 4. The number of benzene rings is 1. The molecule has 0 unspecified atom stereocenters. The van der Waals surface area contributed by atoms with E-state index in [4.69, 9.17) is 10.7 Å². The van der Waals surface area contributed by atoms with Gasteiger partial charge in [-0.3, -0.25) is 0 Å². The van der Waals surface area contributed by atoms with Crippen LogP contribution in [0.15, 0.2) is 35.7 Å². The first kappa shape index (κ1) is 11.8. The van der Waals surface area contributed by atoms with Gasteiger partial charge in [-0.15, -0.1) is 11.3 Å². The maximum absolute atomic E-state index is 5.83. The summed E-state index contributed by atoms with van der Waals surface area (Å²) in [6, 6.07) is 10.7. The maximum Gasteiger partial charge on any atom is 0.204 e. The van der Waals surface area contributed by atoms with Crippen molar-refractivity contribution >= 4 is 34.0 Å². The molecule has 1 aliphatic rings. The molecule has 1 aromatic carbocycles. The topological polar surface area (TPSA) is 57.9 Å². The summed E-state index contributed by atoms with van der Waals surface area (Å²) < 4.78 is 0. The van der Waals surface area contributed by atoms with Crippen molar-refractivity contribution in [2.45, 2.75) is 25.4 Å². The second-order valence-electron chi connectivity index (χ2n) is 5.28. The highest BCUT2D eigenvalue weighted by molar-refractivity contribution is 7.09. The third-order valence-electron chi connectivity index (χ3n) is 3.66. The molecule has 2 heterocycles. The molecule has 0 radical (unpaired) electrons. The lowest BCUT2D eigenvalue weighted by Gasteiger charge is -2.20.